The van der Waals surface area contributed by atoms with E-state index in [0.717, 1.165) is 0 Å². The number of piperidine rings is 1. The molecule has 0 radical (unpaired) electrons. The van der Waals surface area contributed by atoms with Crippen molar-refractivity contribution in [2.75, 3.05) is 20.2 Å². The monoisotopic (exact) mass is 647 g/mol. The largest absolute Gasteiger partial charge is 0.416 e. The highest BCUT2D eigenvalue weighted by Crippen LogP contribution is 2.47. The van der Waals surface area contributed by atoms with E-state index in [1.807, 2.05) is 0 Å². The Bertz CT molecular complexity index is 1420. The van der Waals surface area contributed by atoms with Crippen LogP contribution < -0.4 is 0 Å². The van der Waals surface area contributed by atoms with Crippen molar-refractivity contribution in [1.29, 1.82) is 0 Å². The van der Waals surface area contributed by atoms with Gasteiger partial charge in [0.05, 0.1) is 26.8 Å². The number of hydrogen-bond acceptors (Lipinski definition) is 4. The molecule has 12 heteroatoms. The van der Waals surface area contributed by atoms with Crippen LogP contribution in [0, 0.1) is 0 Å². The highest BCUT2D eigenvalue weighted by molar-refractivity contribution is 6.42. The molecular formula is C31H29Cl2F6NO3. The Morgan fingerprint density at radius 1 is 0.884 bits per heavy atom. The van der Waals surface area contributed by atoms with Crippen LogP contribution in [-0.2, 0) is 33.2 Å². The predicted molar refractivity (Wildman–Crippen MR) is 151 cm³/mol. The first-order valence-electron chi connectivity index (χ1n) is 13.3. The molecule has 0 aliphatic carbocycles. The Balaban J connectivity index is 1.89. The summed E-state index contributed by atoms with van der Waals surface area (Å²) in [7, 11) is 1.18. The number of rotatable bonds is 8. The van der Waals surface area contributed by atoms with Gasteiger partial charge in [0.15, 0.2) is 0 Å². The number of ether oxygens (including phenoxy) is 1. The molecule has 1 aliphatic rings. The van der Waals surface area contributed by atoms with E-state index in [4.69, 9.17) is 27.9 Å². The van der Waals surface area contributed by atoms with Crippen LogP contribution >= 0.6 is 23.2 Å². The molecule has 4 rings (SSSR count). The number of Topliss-reactive ketones (excluding diaryl/α,β-unsaturated/α-hetero) is 1. The zero-order valence-corrected chi connectivity index (χ0v) is 24.7. The second-order valence-corrected chi connectivity index (χ2v) is 11.5. The van der Waals surface area contributed by atoms with Gasteiger partial charge in [-0.05, 0) is 66.8 Å². The summed E-state index contributed by atoms with van der Waals surface area (Å²) in [6.07, 6.45) is -10.3. The van der Waals surface area contributed by atoms with Crippen molar-refractivity contribution >= 4 is 29.0 Å². The maximum atomic E-state index is 14.0. The molecule has 1 saturated heterocycles. The van der Waals surface area contributed by atoms with Crippen molar-refractivity contribution in [2.24, 2.45) is 0 Å². The van der Waals surface area contributed by atoms with Gasteiger partial charge in [-0.2, -0.15) is 26.3 Å². The Morgan fingerprint density at radius 2 is 1.42 bits per heavy atom. The highest BCUT2D eigenvalue weighted by atomic mass is 35.5. The summed E-state index contributed by atoms with van der Waals surface area (Å²) in [6.45, 7) is 1.33. The third-order valence-electron chi connectivity index (χ3n) is 8.11. The quantitative estimate of drug-likeness (QED) is 0.249. The van der Waals surface area contributed by atoms with Crippen LogP contribution in [0.3, 0.4) is 0 Å². The minimum absolute atomic E-state index is 0.0306. The number of ketones is 1. The number of likely N-dealkylation sites (tertiary alicyclic amines) is 1. The number of alkyl halides is 6. The number of nitrogens with zero attached hydrogens (tertiary/aromatic N) is 1. The molecule has 43 heavy (non-hydrogen) atoms. The van der Waals surface area contributed by atoms with Crippen LogP contribution in [0.4, 0.5) is 26.3 Å². The maximum absolute atomic E-state index is 14.0. The minimum Gasteiger partial charge on any atom is -0.385 e. The minimum atomic E-state index is -5.10. The van der Waals surface area contributed by atoms with Crippen LogP contribution in [0.25, 0.3) is 0 Å². The van der Waals surface area contributed by atoms with Crippen LogP contribution in [-0.4, -0.2) is 36.0 Å². The molecule has 0 spiro atoms. The molecule has 0 bridgehead atoms. The van der Waals surface area contributed by atoms with E-state index >= 15 is 0 Å². The van der Waals surface area contributed by atoms with Crippen LogP contribution in [0.2, 0.25) is 10.0 Å². The number of carbonyl (C=O) groups is 1. The summed E-state index contributed by atoms with van der Waals surface area (Å²) in [6, 6.07) is 14.5. The van der Waals surface area contributed by atoms with Crippen molar-refractivity contribution in [1.82, 2.24) is 4.90 Å². The lowest BCUT2D eigenvalue weighted by Gasteiger charge is -2.49. The number of hydrogen-bond donors (Lipinski definition) is 1. The molecule has 0 amide bonds. The molecular weight excluding hydrogens is 619 g/mol. The van der Waals surface area contributed by atoms with Gasteiger partial charge in [-0.3, -0.25) is 9.69 Å². The fraction of sp³-hybridized carbons (Fsp3) is 0.387. The van der Waals surface area contributed by atoms with E-state index < -0.39 is 52.1 Å². The van der Waals surface area contributed by atoms with Gasteiger partial charge in [0.1, 0.15) is 11.5 Å². The van der Waals surface area contributed by atoms with E-state index in [1.165, 1.54) is 32.2 Å². The average Bonchev–Trinajstić information content (AvgIpc) is 2.95. The lowest BCUT2D eigenvalue weighted by atomic mass is 9.79. The van der Waals surface area contributed by atoms with Crippen molar-refractivity contribution in [3.63, 3.8) is 0 Å². The van der Waals surface area contributed by atoms with E-state index in [0.29, 0.717) is 23.3 Å². The Hall–Kier alpha value is -2.63. The van der Waals surface area contributed by atoms with Gasteiger partial charge in [-0.25, -0.2) is 0 Å². The van der Waals surface area contributed by atoms with E-state index in [9.17, 15) is 36.2 Å². The third kappa shape index (κ3) is 7.04. The molecule has 3 aromatic carbocycles. The molecule has 1 N–H and O–H groups in total. The summed E-state index contributed by atoms with van der Waals surface area (Å²) in [5, 5.41) is 11.8. The summed E-state index contributed by atoms with van der Waals surface area (Å²) < 4.78 is 89.7. The Kier molecular flexibility index (Phi) is 9.59. The fourth-order valence-corrected chi connectivity index (χ4v) is 6.02. The highest BCUT2D eigenvalue weighted by Gasteiger charge is 2.48. The standard InChI is InChI=1S/C31H29Cl2F6NO3/c1-19(41)25(20-8-9-26(32)27(33)14-20)18-29(43-2,22-15-23(30(34,35)36)17-24(16-22)31(37,38)39)40-12-10-28(42,11-13-40)21-6-4-3-5-7-21/h3-9,14-17,25,42H,10-13,18H2,1-2H3. The molecule has 2 atom stereocenters. The lowest BCUT2D eigenvalue weighted by molar-refractivity contribution is -0.180. The summed E-state index contributed by atoms with van der Waals surface area (Å²) in [5.74, 6) is -1.46. The number of aliphatic hydroxyl groups is 1. The third-order valence-corrected chi connectivity index (χ3v) is 8.85. The predicted octanol–water partition coefficient (Wildman–Crippen LogP) is 8.58. The maximum Gasteiger partial charge on any atom is 0.416 e. The first kappa shape index (κ1) is 33.3. The molecule has 0 saturated carbocycles. The number of carbonyl (C=O) groups excluding carboxylic acids is 1. The fourth-order valence-electron chi connectivity index (χ4n) is 5.72. The van der Waals surface area contributed by atoms with Gasteiger partial charge in [0.2, 0.25) is 0 Å². The van der Waals surface area contributed by atoms with Crippen molar-refractivity contribution < 1.29 is 41.0 Å². The van der Waals surface area contributed by atoms with Gasteiger partial charge < -0.3 is 9.84 Å². The van der Waals surface area contributed by atoms with Crippen LogP contribution in [0.15, 0.2) is 66.7 Å². The average molecular weight is 648 g/mol. The Labute approximate surface area is 255 Å². The molecule has 2 unspecified atom stereocenters. The van der Waals surface area contributed by atoms with E-state index in [1.54, 1.807) is 35.2 Å². The SMILES string of the molecule is COC(CC(C(C)=O)c1ccc(Cl)c(Cl)c1)(c1cc(C(F)(F)F)cc(C(F)(F)F)c1)N1CCC(O)(c2ccccc2)CC1. The molecule has 1 aliphatic heterocycles. The Morgan fingerprint density at radius 3 is 1.88 bits per heavy atom. The van der Waals surface area contributed by atoms with E-state index in [2.05, 4.69) is 0 Å². The first-order chi connectivity index (χ1) is 20.0. The van der Waals surface area contributed by atoms with Crippen LogP contribution in [0.5, 0.6) is 0 Å². The number of halogens is 8. The summed E-state index contributed by atoms with van der Waals surface area (Å²) in [4.78, 5) is 14.6. The molecule has 0 aromatic heterocycles. The molecule has 1 heterocycles. The summed E-state index contributed by atoms with van der Waals surface area (Å²) in [5.41, 5.74) is -5.67. The summed E-state index contributed by atoms with van der Waals surface area (Å²) >= 11 is 12.3. The van der Waals surface area contributed by atoms with Gasteiger partial charge in [-0.15, -0.1) is 0 Å². The van der Waals surface area contributed by atoms with Gasteiger partial charge >= 0.3 is 12.4 Å². The zero-order valence-electron chi connectivity index (χ0n) is 23.2. The smallest absolute Gasteiger partial charge is 0.385 e. The van der Waals surface area contributed by atoms with Crippen molar-refractivity contribution in [3.8, 4) is 0 Å². The number of benzene rings is 3. The lowest BCUT2D eigenvalue weighted by Crippen LogP contribution is -2.55. The normalized spacial score (nSPS) is 18.2. The first-order valence-corrected chi connectivity index (χ1v) is 14.1. The second kappa shape index (κ2) is 12.4. The van der Waals surface area contributed by atoms with Gasteiger partial charge in [-0.1, -0.05) is 59.6 Å². The van der Waals surface area contributed by atoms with E-state index in [-0.39, 0.29) is 48.5 Å². The molecule has 1 fully saturated rings. The zero-order chi connectivity index (χ0) is 31.8. The second-order valence-electron chi connectivity index (χ2n) is 10.7. The van der Waals surface area contributed by atoms with Gasteiger partial charge in [0.25, 0.3) is 0 Å². The molecule has 3 aromatic rings. The van der Waals surface area contributed by atoms with Crippen molar-refractivity contribution in [3.05, 3.63) is 105 Å². The van der Waals surface area contributed by atoms with Crippen LogP contribution in [0.1, 0.15) is 59.9 Å². The molecule has 4 nitrogen and oxygen atoms in total. The number of methoxy groups -OCH3 is 1. The van der Waals surface area contributed by atoms with Gasteiger partial charge in [0, 0.05) is 32.5 Å². The topological polar surface area (TPSA) is 49.8 Å². The molecule has 232 valence electrons. The van der Waals surface area contributed by atoms with Crippen molar-refractivity contribution in [2.45, 2.75) is 55.8 Å².